The highest BCUT2D eigenvalue weighted by molar-refractivity contribution is 7.12. The Morgan fingerprint density at radius 2 is 2.20 bits per heavy atom. The molecule has 0 saturated carbocycles. The Kier molecular flexibility index (Phi) is 5.29. The summed E-state index contributed by atoms with van der Waals surface area (Å²) in [5.41, 5.74) is 1.41. The number of nitrogens with one attached hydrogen (secondary N) is 1. The smallest absolute Gasteiger partial charge is 0.0512 e. The van der Waals surface area contributed by atoms with Crippen molar-refractivity contribution in [3.63, 3.8) is 0 Å². The summed E-state index contributed by atoms with van der Waals surface area (Å²) in [7, 11) is 0. The SMILES string of the molecule is Cc1cc(CNCCCC(C)O)c(C)s1. The topological polar surface area (TPSA) is 32.3 Å². The van der Waals surface area contributed by atoms with E-state index in [1.165, 1.54) is 15.3 Å². The highest BCUT2D eigenvalue weighted by Gasteiger charge is 2.01. The van der Waals surface area contributed by atoms with Crippen molar-refractivity contribution in [1.82, 2.24) is 5.32 Å². The third-order valence-corrected chi connectivity index (χ3v) is 3.44. The lowest BCUT2D eigenvalue weighted by molar-refractivity contribution is 0.181. The number of rotatable bonds is 6. The Hall–Kier alpha value is -0.380. The van der Waals surface area contributed by atoms with E-state index in [1.807, 2.05) is 18.3 Å². The van der Waals surface area contributed by atoms with Gasteiger partial charge in [0.05, 0.1) is 6.10 Å². The van der Waals surface area contributed by atoms with Gasteiger partial charge in [0.25, 0.3) is 0 Å². The van der Waals surface area contributed by atoms with Gasteiger partial charge in [-0.1, -0.05) is 0 Å². The molecular formula is C12H21NOS. The number of aliphatic hydroxyl groups excluding tert-OH is 1. The van der Waals surface area contributed by atoms with Gasteiger partial charge in [-0.3, -0.25) is 0 Å². The van der Waals surface area contributed by atoms with Gasteiger partial charge in [-0.25, -0.2) is 0 Å². The van der Waals surface area contributed by atoms with E-state index in [0.717, 1.165) is 25.9 Å². The molecule has 2 nitrogen and oxygen atoms in total. The number of aliphatic hydroxyl groups is 1. The third kappa shape index (κ3) is 4.78. The van der Waals surface area contributed by atoms with Crippen molar-refractivity contribution in [3.8, 4) is 0 Å². The molecule has 0 aliphatic carbocycles. The van der Waals surface area contributed by atoms with Crippen LogP contribution in [-0.4, -0.2) is 17.8 Å². The van der Waals surface area contributed by atoms with Crippen LogP contribution in [0.5, 0.6) is 0 Å². The van der Waals surface area contributed by atoms with Crippen molar-refractivity contribution in [2.45, 2.75) is 46.3 Å². The molecule has 0 amide bonds. The molecule has 0 radical (unpaired) electrons. The molecule has 0 fully saturated rings. The molecule has 0 aliphatic rings. The molecule has 86 valence electrons. The van der Waals surface area contributed by atoms with Crippen molar-refractivity contribution in [2.24, 2.45) is 0 Å². The minimum Gasteiger partial charge on any atom is -0.393 e. The minimum atomic E-state index is -0.170. The van der Waals surface area contributed by atoms with Crippen molar-refractivity contribution in [2.75, 3.05) is 6.54 Å². The molecule has 0 aromatic carbocycles. The lowest BCUT2D eigenvalue weighted by atomic mass is 10.2. The second-order valence-corrected chi connectivity index (χ2v) is 5.57. The highest BCUT2D eigenvalue weighted by atomic mass is 32.1. The molecule has 0 aliphatic heterocycles. The van der Waals surface area contributed by atoms with E-state index in [2.05, 4.69) is 25.2 Å². The van der Waals surface area contributed by atoms with Gasteiger partial charge in [0, 0.05) is 16.3 Å². The summed E-state index contributed by atoms with van der Waals surface area (Å²) in [4.78, 5) is 2.80. The quantitative estimate of drug-likeness (QED) is 0.732. The molecule has 1 unspecified atom stereocenters. The van der Waals surface area contributed by atoms with Gasteiger partial charge in [0.2, 0.25) is 0 Å². The second-order valence-electron chi connectivity index (χ2n) is 4.11. The Labute approximate surface area is 96.3 Å². The fourth-order valence-electron chi connectivity index (χ4n) is 1.60. The summed E-state index contributed by atoms with van der Waals surface area (Å²) >= 11 is 1.86. The maximum absolute atomic E-state index is 9.09. The predicted molar refractivity (Wildman–Crippen MR) is 66.4 cm³/mol. The van der Waals surface area contributed by atoms with Crippen molar-refractivity contribution in [3.05, 3.63) is 21.4 Å². The Bertz CT molecular complexity index is 294. The van der Waals surface area contributed by atoms with Gasteiger partial charge in [-0.2, -0.15) is 0 Å². The van der Waals surface area contributed by atoms with Crippen LogP contribution in [0.3, 0.4) is 0 Å². The van der Waals surface area contributed by atoms with E-state index in [-0.39, 0.29) is 6.10 Å². The van der Waals surface area contributed by atoms with Gasteiger partial charge in [0.1, 0.15) is 0 Å². The monoisotopic (exact) mass is 227 g/mol. The summed E-state index contributed by atoms with van der Waals surface area (Å²) in [5.74, 6) is 0. The van der Waals surface area contributed by atoms with Crippen LogP contribution >= 0.6 is 11.3 Å². The molecule has 3 heteroatoms. The molecule has 0 bridgehead atoms. The number of aryl methyl sites for hydroxylation is 2. The zero-order chi connectivity index (χ0) is 11.3. The van der Waals surface area contributed by atoms with Crippen LogP contribution in [0.2, 0.25) is 0 Å². The van der Waals surface area contributed by atoms with E-state index in [4.69, 9.17) is 5.11 Å². The van der Waals surface area contributed by atoms with E-state index < -0.39 is 0 Å². The first kappa shape index (κ1) is 12.7. The minimum absolute atomic E-state index is 0.170. The van der Waals surface area contributed by atoms with E-state index in [9.17, 15) is 0 Å². The first-order valence-corrected chi connectivity index (χ1v) is 6.36. The second kappa shape index (κ2) is 6.26. The van der Waals surface area contributed by atoms with Crippen LogP contribution in [0, 0.1) is 13.8 Å². The first-order chi connectivity index (χ1) is 7.09. The molecule has 1 aromatic rings. The summed E-state index contributed by atoms with van der Waals surface area (Å²) < 4.78 is 0. The molecular weight excluding hydrogens is 206 g/mol. The molecule has 1 aromatic heterocycles. The maximum atomic E-state index is 9.09. The van der Waals surface area contributed by atoms with E-state index >= 15 is 0 Å². The van der Waals surface area contributed by atoms with Crippen LogP contribution in [0.1, 0.15) is 35.1 Å². The third-order valence-electron chi connectivity index (χ3n) is 2.43. The Balaban J connectivity index is 2.17. The van der Waals surface area contributed by atoms with Gasteiger partial charge >= 0.3 is 0 Å². The lowest BCUT2D eigenvalue weighted by Gasteiger charge is -2.05. The van der Waals surface area contributed by atoms with Crippen LogP contribution in [-0.2, 0) is 6.54 Å². The van der Waals surface area contributed by atoms with Crippen LogP contribution in [0.25, 0.3) is 0 Å². The van der Waals surface area contributed by atoms with Crippen LogP contribution < -0.4 is 5.32 Å². The van der Waals surface area contributed by atoms with Gasteiger partial charge in [0.15, 0.2) is 0 Å². The van der Waals surface area contributed by atoms with Gasteiger partial charge in [-0.15, -0.1) is 11.3 Å². The van der Waals surface area contributed by atoms with Crippen molar-refractivity contribution >= 4 is 11.3 Å². The zero-order valence-corrected chi connectivity index (χ0v) is 10.7. The number of hydrogen-bond donors (Lipinski definition) is 2. The highest BCUT2D eigenvalue weighted by Crippen LogP contribution is 2.20. The van der Waals surface area contributed by atoms with Gasteiger partial charge < -0.3 is 10.4 Å². The zero-order valence-electron chi connectivity index (χ0n) is 9.84. The average Bonchev–Trinajstić information content (AvgIpc) is 2.44. The van der Waals surface area contributed by atoms with Crippen LogP contribution in [0.4, 0.5) is 0 Å². The normalized spacial score (nSPS) is 13.1. The van der Waals surface area contributed by atoms with Gasteiger partial charge in [-0.05, 0) is 51.8 Å². The average molecular weight is 227 g/mol. The fourth-order valence-corrected chi connectivity index (χ4v) is 2.55. The molecule has 1 rings (SSSR count). The molecule has 1 heterocycles. The molecule has 0 spiro atoms. The summed E-state index contributed by atoms with van der Waals surface area (Å²) in [6.45, 7) is 8.10. The predicted octanol–water partition coefficient (Wildman–Crippen LogP) is 2.62. The van der Waals surface area contributed by atoms with Crippen molar-refractivity contribution < 1.29 is 5.11 Å². The van der Waals surface area contributed by atoms with E-state index in [0.29, 0.717) is 0 Å². The summed E-state index contributed by atoms with van der Waals surface area (Å²) in [6, 6.07) is 2.25. The molecule has 15 heavy (non-hydrogen) atoms. The van der Waals surface area contributed by atoms with Crippen LogP contribution in [0.15, 0.2) is 6.07 Å². The number of thiophene rings is 1. The first-order valence-electron chi connectivity index (χ1n) is 5.54. The van der Waals surface area contributed by atoms with Crippen molar-refractivity contribution in [1.29, 1.82) is 0 Å². The maximum Gasteiger partial charge on any atom is 0.0512 e. The largest absolute Gasteiger partial charge is 0.393 e. The standard InChI is InChI=1S/C12H21NOS/c1-9(14)5-4-6-13-8-12-7-10(2)15-11(12)3/h7,9,13-14H,4-6,8H2,1-3H3. The molecule has 1 atom stereocenters. The fraction of sp³-hybridized carbons (Fsp3) is 0.667. The summed E-state index contributed by atoms with van der Waals surface area (Å²) in [6.07, 6.45) is 1.76. The Morgan fingerprint density at radius 1 is 1.47 bits per heavy atom. The molecule has 2 N–H and O–H groups in total. The van der Waals surface area contributed by atoms with E-state index in [1.54, 1.807) is 0 Å². The lowest BCUT2D eigenvalue weighted by Crippen LogP contribution is -2.16. The number of hydrogen-bond acceptors (Lipinski definition) is 3. The summed E-state index contributed by atoms with van der Waals surface area (Å²) in [5, 5.41) is 12.5. The Morgan fingerprint density at radius 3 is 2.73 bits per heavy atom. The molecule has 0 saturated heterocycles.